The second-order valence-electron chi connectivity index (χ2n) is 6.53. The number of carbonyl (C=O) groups is 1. The van der Waals surface area contributed by atoms with Gasteiger partial charge in [-0.25, -0.2) is 4.98 Å². The summed E-state index contributed by atoms with van der Waals surface area (Å²) in [5.41, 5.74) is 4.66. The van der Waals surface area contributed by atoms with Crippen molar-refractivity contribution in [3.8, 4) is 0 Å². The van der Waals surface area contributed by atoms with Crippen LogP contribution in [0, 0.1) is 6.92 Å². The molecule has 0 fully saturated rings. The van der Waals surface area contributed by atoms with Gasteiger partial charge in [-0.3, -0.25) is 4.79 Å². The third-order valence-corrected chi connectivity index (χ3v) is 4.78. The number of nitrogens with one attached hydrogen (secondary N) is 1. The van der Waals surface area contributed by atoms with E-state index in [-0.39, 0.29) is 5.91 Å². The Hall–Kier alpha value is -2.14. The summed E-state index contributed by atoms with van der Waals surface area (Å²) in [6.45, 7) is 6.11. The van der Waals surface area contributed by atoms with Crippen molar-refractivity contribution in [2.75, 3.05) is 6.61 Å². The van der Waals surface area contributed by atoms with Crippen molar-refractivity contribution in [2.24, 2.45) is 0 Å². The van der Waals surface area contributed by atoms with Gasteiger partial charge < -0.3 is 14.6 Å². The van der Waals surface area contributed by atoms with Gasteiger partial charge >= 0.3 is 0 Å². The predicted molar refractivity (Wildman–Crippen MR) is 97.2 cm³/mol. The fourth-order valence-electron chi connectivity index (χ4n) is 3.42. The number of fused-ring (bicyclic) bond motifs is 1. The molecule has 25 heavy (non-hydrogen) atoms. The number of aryl methyl sites for hydroxylation is 2. The molecule has 1 aliphatic rings. The summed E-state index contributed by atoms with van der Waals surface area (Å²) in [5, 5.41) is 3.04. The third-order valence-electron chi connectivity index (χ3n) is 4.78. The van der Waals surface area contributed by atoms with Crippen LogP contribution in [-0.2, 0) is 42.1 Å². The van der Waals surface area contributed by atoms with E-state index in [1.54, 1.807) is 0 Å². The second kappa shape index (κ2) is 8.30. The Morgan fingerprint density at radius 3 is 2.80 bits per heavy atom. The van der Waals surface area contributed by atoms with Crippen LogP contribution in [-0.4, -0.2) is 22.1 Å². The molecule has 1 aromatic carbocycles. The highest BCUT2D eigenvalue weighted by atomic mass is 16.5. The van der Waals surface area contributed by atoms with Gasteiger partial charge in [0.2, 0.25) is 5.91 Å². The van der Waals surface area contributed by atoms with Gasteiger partial charge in [-0.2, -0.15) is 0 Å². The van der Waals surface area contributed by atoms with Crippen LogP contribution in [0.1, 0.15) is 48.1 Å². The summed E-state index contributed by atoms with van der Waals surface area (Å²) < 4.78 is 7.58. The van der Waals surface area contributed by atoms with Crippen LogP contribution in [0.2, 0.25) is 0 Å². The fourth-order valence-corrected chi connectivity index (χ4v) is 3.42. The Bertz CT molecular complexity index is 737. The van der Waals surface area contributed by atoms with Gasteiger partial charge in [-0.15, -0.1) is 0 Å². The maximum atomic E-state index is 12.5. The van der Waals surface area contributed by atoms with Gasteiger partial charge in [-0.1, -0.05) is 24.3 Å². The lowest BCUT2D eigenvalue weighted by Crippen LogP contribution is -2.28. The molecule has 0 saturated heterocycles. The molecular formula is C20H27N3O2. The molecule has 0 atom stereocenters. The highest BCUT2D eigenvalue weighted by molar-refractivity contribution is 5.76. The zero-order valence-corrected chi connectivity index (χ0v) is 15.2. The van der Waals surface area contributed by atoms with Crippen LogP contribution in [0.25, 0.3) is 0 Å². The van der Waals surface area contributed by atoms with Crippen molar-refractivity contribution in [2.45, 2.75) is 59.2 Å². The van der Waals surface area contributed by atoms with E-state index in [4.69, 9.17) is 4.74 Å². The van der Waals surface area contributed by atoms with Gasteiger partial charge in [0, 0.05) is 18.8 Å². The number of aromatic nitrogens is 2. The van der Waals surface area contributed by atoms with Crippen molar-refractivity contribution in [3.05, 3.63) is 52.6 Å². The molecule has 0 saturated carbocycles. The van der Waals surface area contributed by atoms with Crippen LogP contribution < -0.4 is 5.32 Å². The minimum atomic E-state index is 0.0279. The zero-order chi connectivity index (χ0) is 17.6. The number of ether oxygens (including phenoxy) is 1. The van der Waals surface area contributed by atoms with Crippen LogP contribution in [0.3, 0.4) is 0 Å². The molecule has 0 spiro atoms. The Balaban J connectivity index is 1.62. The molecule has 5 nitrogen and oxygen atoms in total. The molecule has 3 rings (SSSR count). The molecule has 0 aliphatic heterocycles. The lowest BCUT2D eigenvalue weighted by molar-refractivity contribution is -0.121. The minimum absolute atomic E-state index is 0.0279. The lowest BCUT2D eigenvalue weighted by Gasteiger charge is -2.15. The molecule has 1 aromatic heterocycles. The molecule has 1 heterocycles. The SMILES string of the molecule is CCOCc1ccccc1CNC(=O)Cn1c(C)nc2c1CCCC2. The first kappa shape index (κ1) is 17.7. The highest BCUT2D eigenvalue weighted by Gasteiger charge is 2.19. The normalized spacial score (nSPS) is 13.5. The maximum absolute atomic E-state index is 12.5. The van der Waals surface area contributed by atoms with Crippen LogP contribution >= 0.6 is 0 Å². The van der Waals surface area contributed by atoms with Gasteiger partial charge in [0.05, 0.1) is 12.3 Å². The summed E-state index contributed by atoms with van der Waals surface area (Å²) in [7, 11) is 0. The molecule has 0 unspecified atom stereocenters. The topological polar surface area (TPSA) is 56.1 Å². The minimum Gasteiger partial charge on any atom is -0.377 e. The van der Waals surface area contributed by atoms with Crippen molar-refractivity contribution >= 4 is 5.91 Å². The van der Waals surface area contributed by atoms with Crippen LogP contribution in [0.15, 0.2) is 24.3 Å². The van der Waals surface area contributed by atoms with Gasteiger partial charge in [0.1, 0.15) is 12.4 Å². The van der Waals surface area contributed by atoms with Gasteiger partial charge in [-0.05, 0) is 50.7 Å². The number of imidazole rings is 1. The van der Waals surface area contributed by atoms with Gasteiger partial charge in [0.25, 0.3) is 0 Å². The second-order valence-corrected chi connectivity index (χ2v) is 6.53. The van der Waals surface area contributed by atoms with E-state index in [2.05, 4.69) is 14.9 Å². The summed E-state index contributed by atoms with van der Waals surface area (Å²) in [6.07, 6.45) is 4.45. The summed E-state index contributed by atoms with van der Waals surface area (Å²) in [4.78, 5) is 17.1. The van der Waals surface area contributed by atoms with E-state index in [9.17, 15) is 4.79 Å². The Kier molecular flexibility index (Phi) is 5.87. The third kappa shape index (κ3) is 4.28. The van der Waals surface area contributed by atoms with E-state index in [0.29, 0.717) is 26.3 Å². The number of carbonyl (C=O) groups excluding carboxylic acids is 1. The van der Waals surface area contributed by atoms with Crippen molar-refractivity contribution in [1.29, 1.82) is 0 Å². The maximum Gasteiger partial charge on any atom is 0.240 e. The first-order chi connectivity index (χ1) is 12.2. The molecule has 1 N–H and O–H groups in total. The highest BCUT2D eigenvalue weighted by Crippen LogP contribution is 2.21. The molecule has 0 bridgehead atoms. The predicted octanol–water partition coefficient (Wildman–Crippen LogP) is 2.92. The quantitative estimate of drug-likeness (QED) is 0.842. The number of hydrogen-bond acceptors (Lipinski definition) is 3. The van der Waals surface area contributed by atoms with E-state index in [0.717, 1.165) is 29.8 Å². The van der Waals surface area contributed by atoms with Crippen LogP contribution in [0.5, 0.6) is 0 Å². The zero-order valence-electron chi connectivity index (χ0n) is 15.2. The fraction of sp³-hybridized carbons (Fsp3) is 0.500. The van der Waals surface area contributed by atoms with Crippen molar-refractivity contribution in [3.63, 3.8) is 0 Å². The number of nitrogens with zero attached hydrogens (tertiary/aromatic N) is 2. The van der Waals surface area contributed by atoms with Crippen molar-refractivity contribution < 1.29 is 9.53 Å². The molecule has 134 valence electrons. The summed E-state index contributed by atoms with van der Waals surface area (Å²) >= 11 is 0. The Labute approximate surface area is 149 Å². The first-order valence-corrected chi connectivity index (χ1v) is 9.15. The first-order valence-electron chi connectivity index (χ1n) is 9.15. The summed E-state index contributed by atoms with van der Waals surface area (Å²) in [5.74, 6) is 0.971. The van der Waals surface area contributed by atoms with Gasteiger partial charge in [0.15, 0.2) is 0 Å². The Morgan fingerprint density at radius 1 is 1.24 bits per heavy atom. The van der Waals surface area contributed by atoms with E-state index in [1.807, 2.05) is 38.1 Å². The average Bonchev–Trinajstić information content (AvgIpc) is 2.94. The average molecular weight is 341 g/mol. The largest absolute Gasteiger partial charge is 0.377 e. The Morgan fingerprint density at radius 2 is 2.00 bits per heavy atom. The molecular weight excluding hydrogens is 314 g/mol. The summed E-state index contributed by atoms with van der Waals surface area (Å²) in [6, 6.07) is 8.08. The molecule has 1 amide bonds. The molecule has 5 heteroatoms. The number of benzene rings is 1. The number of amides is 1. The molecule has 2 aromatic rings. The molecule has 0 radical (unpaired) electrons. The lowest BCUT2D eigenvalue weighted by atomic mass is 10.0. The number of rotatable bonds is 7. The van der Waals surface area contributed by atoms with E-state index >= 15 is 0 Å². The molecule has 1 aliphatic carbocycles. The monoisotopic (exact) mass is 341 g/mol. The van der Waals surface area contributed by atoms with E-state index < -0.39 is 0 Å². The number of hydrogen-bond donors (Lipinski definition) is 1. The smallest absolute Gasteiger partial charge is 0.240 e. The van der Waals surface area contributed by atoms with Crippen LogP contribution in [0.4, 0.5) is 0 Å². The van der Waals surface area contributed by atoms with Crippen molar-refractivity contribution in [1.82, 2.24) is 14.9 Å². The van der Waals surface area contributed by atoms with E-state index in [1.165, 1.54) is 24.2 Å². The standard InChI is InChI=1S/C20H27N3O2/c1-3-25-14-17-9-5-4-8-16(17)12-21-20(24)13-23-15(2)22-18-10-6-7-11-19(18)23/h4-5,8-9H,3,6-7,10-14H2,1-2H3,(H,21,24).